The molecule has 0 amide bonds. The first-order valence-electron chi connectivity index (χ1n) is 4.45. The molecule has 0 heterocycles. The molecule has 0 aliphatic rings. The molecule has 0 radical (unpaired) electrons. The van der Waals surface area contributed by atoms with E-state index in [1.807, 2.05) is 0 Å². The van der Waals surface area contributed by atoms with Crippen molar-refractivity contribution in [2.45, 2.75) is 13.3 Å². The molecule has 5 heteroatoms. The third-order valence-corrected chi connectivity index (χ3v) is 2.51. The second-order valence-corrected chi connectivity index (χ2v) is 3.51. The van der Waals surface area contributed by atoms with E-state index in [0.29, 0.717) is 23.3 Å². The molecule has 0 aliphatic heterocycles. The Morgan fingerprint density at radius 1 is 1.53 bits per heavy atom. The first kappa shape index (κ1) is 12.2. The van der Waals surface area contributed by atoms with E-state index in [-0.39, 0.29) is 17.4 Å². The molecule has 0 saturated carbocycles. The Morgan fingerprint density at radius 2 is 2.20 bits per heavy atom. The lowest BCUT2D eigenvalue weighted by atomic mass is 10.0. The zero-order valence-electron chi connectivity index (χ0n) is 8.64. The van der Waals surface area contributed by atoms with Gasteiger partial charge in [-0.3, -0.25) is 0 Å². The molecule has 2 N–H and O–H groups in total. The van der Waals surface area contributed by atoms with Crippen molar-refractivity contribution in [3.63, 3.8) is 0 Å². The number of rotatable bonds is 4. The summed E-state index contributed by atoms with van der Waals surface area (Å²) in [7, 11) is 1.49. The van der Waals surface area contributed by atoms with E-state index in [1.54, 1.807) is 6.92 Å². The lowest BCUT2D eigenvalue weighted by Gasteiger charge is -2.13. The van der Waals surface area contributed by atoms with Crippen molar-refractivity contribution in [1.82, 2.24) is 0 Å². The summed E-state index contributed by atoms with van der Waals surface area (Å²) < 4.78 is 18.5. The summed E-state index contributed by atoms with van der Waals surface area (Å²) in [6, 6.07) is 1.24. The van der Waals surface area contributed by atoms with Crippen LogP contribution in [0.5, 0.6) is 5.75 Å². The fourth-order valence-electron chi connectivity index (χ4n) is 1.43. The largest absolute Gasteiger partial charge is 0.495 e. The second kappa shape index (κ2) is 5.30. The maximum atomic E-state index is 13.4. The van der Waals surface area contributed by atoms with Gasteiger partial charge < -0.3 is 9.57 Å². The predicted molar refractivity (Wildman–Crippen MR) is 56.5 cm³/mol. The maximum Gasteiger partial charge on any atom is 0.141 e. The molecule has 1 aromatic carbocycles. The first-order valence-corrected chi connectivity index (χ1v) is 4.82. The molecule has 1 rings (SSSR count). The van der Waals surface area contributed by atoms with Crippen LogP contribution in [0.25, 0.3) is 0 Å². The molecule has 0 aromatic heterocycles. The molecular formula is C10H13ClFNO2. The number of halogens is 2. The van der Waals surface area contributed by atoms with Crippen molar-refractivity contribution in [3.8, 4) is 5.75 Å². The van der Waals surface area contributed by atoms with Crippen LogP contribution < -0.4 is 10.6 Å². The molecule has 0 unspecified atom stereocenters. The van der Waals surface area contributed by atoms with Crippen molar-refractivity contribution in [2.24, 2.45) is 5.90 Å². The summed E-state index contributed by atoms with van der Waals surface area (Å²) in [5, 5.41) is 0.257. The monoisotopic (exact) mass is 233 g/mol. The topological polar surface area (TPSA) is 44.5 Å². The van der Waals surface area contributed by atoms with E-state index >= 15 is 0 Å². The Balaban J connectivity index is 3.18. The second-order valence-electron chi connectivity index (χ2n) is 3.10. The molecule has 84 valence electrons. The quantitative estimate of drug-likeness (QED) is 0.812. The predicted octanol–water partition coefficient (Wildman–Crippen LogP) is 2.23. The SMILES string of the molecule is COc1c(Cl)cc(F)c(C)c1CCON. The molecule has 3 nitrogen and oxygen atoms in total. The van der Waals surface area contributed by atoms with Gasteiger partial charge >= 0.3 is 0 Å². The molecule has 0 saturated heterocycles. The minimum atomic E-state index is -0.354. The molecule has 0 atom stereocenters. The minimum Gasteiger partial charge on any atom is -0.495 e. The summed E-state index contributed by atoms with van der Waals surface area (Å²) in [5.41, 5.74) is 1.20. The van der Waals surface area contributed by atoms with Gasteiger partial charge in [0.15, 0.2) is 0 Å². The van der Waals surface area contributed by atoms with Crippen LogP contribution in [0, 0.1) is 12.7 Å². The van der Waals surface area contributed by atoms with Gasteiger partial charge in [0.05, 0.1) is 18.7 Å². The summed E-state index contributed by atoms with van der Waals surface area (Å²) in [4.78, 5) is 4.46. The van der Waals surface area contributed by atoms with Crippen LogP contribution in [0.1, 0.15) is 11.1 Å². The van der Waals surface area contributed by atoms with Gasteiger partial charge in [0, 0.05) is 12.0 Å². The van der Waals surface area contributed by atoms with Gasteiger partial charge in [0.25, 0.3) is 0 Å². The number of methoxy groups -OCH3 is 1. The number of nitrogens with two attached hydrogens (primary N) is 1. The lowest BCUT2D eigenvalue weighted by molar-refractivity contribution is 0.140. The standard InChI is InChI=1S/C10H13ClFNO2/c1-6-7(3-4-15-13)10(14-2)8(11)5-9(6)12/h5H,3-4,13H2,1-2H3. The van der Waals surface area contributed by atoms with Crippen LogP contribution in [-0.4, -0.2) is 13.7 Å². The summed E-state index contributed by atoms with van der Waals surface area (Å²) in [5.74, 6) is 5.05. The Bertz CT molecular complexity index is 358. The molecule has 0 bridgehead atoms. The van der Waals surface area contributed by atoms with E-state index in [4.69, 9.17) is 22.2 Å². The number of hydrogen-bond acceptors (Lipinski definition) is 3. The fourth-order valence-corrected chi connectivity index (χ4v) is 1.71. The van der Waals surface area contributed by atoms with Crippen molar-refractivity contribution in [3.05, 3.63) is 28.0 Å². The fraction of sp³-hybridized carbons (Fsp3) is 0.400. The minimum absolute atomic E-state index is 0.257. The lowest BCUT2D eigenvalue weighted by Crippen LogP contribution is -2.07. The van der Waals surface area contributed by atoms with Crippen molar-refractivity contribution in [1.29, 1.82) is 0 Å². The zero-order valence-corrected chi connectivity index (χ0v) is 9.40. The van der Waals surface area contributed by atoms with Gasteiger partial charge in [0.1, 0.15) is 11.6 Å². The van der Waals surface area contributed by atoms with Gasteiger partial charge in [-0.05, 0) is 18.6 Å². The highest BCUT2D eigenvalue weighted by Gasteiger charge is 2.14. The Labute approximate surface area is 92.9 Å². The van der Waals surface area contributed by atoms with Crippen molar-refractivity contribution in [2.75, 3.05) is 13.7 Å². The van der Waals surface area contributed by atoms with Crippen molar-refractivity contribution < 1.29 is 14.0 Å². The van der Waals surface area contributed by atoms with E-state index in [0.717, 1.165) is 0 Å². The van der Waals surface area contributed by atoms with Crippen LogP contribution in [0.15, 0.2) is 6.07 Å². The Kier molecular flexibility index (Phi) is 4.32. The average Bonchev–Trinajstić information content (AvgIpc) is 2.21. The highest BCUT2D eigenvalue weighted by molar-refractivity contribution is 6.32. The van der Waals surface area contributed by atoms with Crippen LogP contribution in [0.3, 0.4) is 0 Å². The molecule has 1 aromatic rings. The average molecular weight is 234 g/mol. The van der Waals surface area contributed by atoms with E-state index in [9.17, 15) is 4.39 Å². The zero-order chi connectivity index (χ0) is 11.4. The van der Waals surface area contributed by atoms with Gasteiger partial charge in [0.2, 0.25) is 0 Å². The van der Waals surface area contributed by atoms with Crippen LogP contribution in [0.4, 0.5) is 4.39 Å². The highest BCUT2D eigenvalue weighted by Crippen LogP contribution is 2.33. The molecule has 0 fully saturated rings. The summed E-state index contributed by atoms with van der Waals surface area (Å²) >= 11 is 5.85. The number of hydrogen-bond donors (Lipinski definition) is 1. The van der Waals surface area contributed by atoms with E-state index < -0.39 is 0 Å². The molecular weight excluding hydrogens is 221 g/mol. The van der Waals surface area contributed by atoms with Crippen LogP contribution in [0.2, 0.25) is 5.02 Å². The van der Waals surface area contributed by atoms with Gasteiger partial charge in [-0.1, -0.05) is 11.6 Å². The third kappa shape index (κ3) is 2.59. The van der Waals surface area contributed by atoms with Gasteiger partial charge in [-0.2, -0.15) is 0 Å². The summed E-state index contributed by atoms with van der Waals surface area (Å²) in [6.07, 6.45) is 0.461. The van der Waals surface area contributed by atoms with E-state index in [1.165, 1.54) is 13.2 Å². The molecule has 15 heavy (non-hydrogen) atoms. The normalized spacial score (nSPS) is 10.5. The van der Waals surface area contributed by atoms with Crippen LogP contribution >= 0.6 is 11.6 Å². The van der Waals surface area contributed by atoms with Gasteiger partial charge in [-0.25, -0.2) is 10.3 Å². The number of ether oxygens (including phenoxy) is 1. The molecule has 0 spiro atoms. The Morgan fingerprint density at radius 3 is 2.73 bits per heavy atom. The third-order valence-electron chi connectivity index (χ3n) is 2.23. The van der Waals surface area contributed by atoms with Crippen molar-refractivity contribution >= 4 is 11.6 Å². The highest BCUT2D eigenvalue weighted by atomic mass is 35.5. The van der Waals surface area contributed by atoms with Gasteiger partial charge in [-0.15, -0.1) is 0 Å². The first-order chi connectivity index (χ1) is 7.11. The molecule has 0 aliphatic carbocycles. The smallest absolute Gasteiger partial charge is 0.141 e. The van der Waals surface area contributed by atoms with E-state index in [2.05, 4.69) is 4.84 Å². The maximum absolute atomic E-state index is 13.4. The Hall–Kier alpha value is -0.840. The number of benzene rings is 1. The summed E-state index contributed by atoms with van der Waals surface area (Å²) in [6.45, 7) is 1.96. The van der Waals surface area contributed by atoms with Crippen LogP contribution in [-0.2, 0) is 11.3 Å².